The molecule has 182 valence electrons. The van der Waals surface area contributed by atoms with Crippen molar-refractivity contribution in [1.82, 2.24) is 19.8 Å². The first-order valence-electron chi connectivity index (χ1n) is 11.5. The van der Waals surface area contributed by atoms with Gasteiger partial charge in [-0.1, -0.05) is 31.3 Å². The van der Waals surface area contributed by atoms with Crippen LogP contribution < -0.4 is 10.9 Å². The summed E-state index contributed by atoms with van der Waals surface area (Å²) in [5.41, 5.74) is 2.33. The van der Waals surface area contributed by atoms with Crippen LogP contribution in [0.1, 0.15) is 53.7 Å². The minimum Gasteiger partial charge on any atom is -0.502 e. The average molecular weight is 500 g/mol. The normalized spacial score (nSPS) is 27.5. The van der Waals surface area contributed by atoms with Gasteiger partial charge in [-0.05, 0) is 36.3 Å². The van der Waals surface area contributed by atoms with Crippen LogP contribution in [0.25, 0.3) is 10.6 Å². The van der Waals surface area contributed by atoms with Crippen LogP contribution in [0.2, 0.25) is 0 Å². The van der Waals surface area contributed by atoms with Gasteiger partial charge >= 0.3 is 0 Å². The first-order chi connectivity index (χ1) is 16.6. The van der Waals surface area contributed by atoms with E-state index in [0.717, 1.165) is 30.2 Å². The maximum absolute atomic E-state index is 14.3. The summed E-state index contributed by atoms with van der Waals surface area (Å²) in [6.07, 6.45) is 3.26. The van der Waals surface area contributed by atoms with Gasteiger partial charge in [0.2, 0.25) is 5.43 Å². The largest absolute Gasteiger partial charge is 0.502 e. The summed E-state index contributed by atoms with van der Waals surface area (Å²) in [6, 6.07) is 3.34. The molecular weight excluding hydrogens is 476 g/mol. The van der Waals surface area contributed by atoms with Gasteiger partial charge in [0.1, 0.15) is 22.3 Å². The molecule has 3 aliphatic rings. The Morgan fingerprint density at radius 1 is 1.29 bits per heavy atom. The summed E-state index contributed by atoms with van der Waals surface area (Å²) in [5, 5.41) is 19.6. The lowest BCUT2D eigenvalue weighted by atomic mass is 9.97. The van der Waals surface area contributed by atoms with Crippen molar-refractivity contribution in [2.24, 2.45) is 17.8 Å². The van der Waals surface area contributed by atoms with Crippen LogP contribution >= 0.6 is 11.3 Å². The van der Waals surface area contributed by atoms with E-state index in [1.54, 1.807) is 18.9 Å². The quantitative estimate of drug-likeness (QED) is 0.572. The summed E-state index contributed by atoms with van der Waals surface area (Å²) in [6.45, 7) is 3.89. The standard InChI is InChI=1S/C24H23F2N5O3S/c1-10-14-6-7-24(17(10)14)29-31-9-15(19(32)20(33)18(31)23(34)30(24)3)22-28-27-21(35-22)11(2)13-5-4-12(25)8-16(13)26/h4-5,8-11,14,17,29,33H,6-7H2,1-3H3/t10-,11?,14?,17?,24?/m1/s1. The van der Waals surface area contributed by atoms with E-state index in [-0.39, 0.29) is 21.8 Å². The Bertz CT molecular complexity index is 1460. The molecule has 8 nitrogen and oxygen atoms in total. The van der Waals surface area contributed by atoms with E-state index in [1.807, 2.05) is 0 Å². The Hall–Kier alpha value is -3.34. The summed E-state index contributed by atoms with van der Waals surface area (Å²) < 4.78 is 29.0. The van der Waals surface area contributed by atoms with E-state index in [4.69, 9.17) is 0 Å². The second-order valence-electron chi connectivity index (χ2n) is 9.76. The third-order valence-corrected chi connectivity index (χ3v) is 9.19. The molecule has 4 unspecified atom stereocenters. The number of rotatable bonds is 3. The molecule has 2 fully saturated rings. The van der Waals surface area contributed by atoms with Crippen LogP contribution in [-0.4, -0.2) is 43.5 Å². The molecule has 35 heavy (non-hydrogen) atoms. The van der Waals surface area contributed by atoms with Crippen molar-refractivity contribution in [1.29, 1.82) is 0 Å². The molecule has 1 aliphatic heterocycles. The second-order valence-corrected chi connectivity index (χ2v) is 10.8. The zero-order valence-corrected chi connectivity index (χ0v) is 20.1. The first-order valence-corrected chi connectivity index (χ1v) is 12.3. The van der Waals surface area contributed by atoms with Gasteiger partial charge in [0.25, 0.3) is 5.91 Å². The van der Waals surface area contributed by atoms with Crippen molar-refractivity contribution < 1.29 is 18.7 Å². The number of hydrogen-bond donors (Lipinski definition) is 2. The van der Waals surface area contributed by atoms with Gasteiger partial charge in [-0.3, -0.25) is 14.3 Å². The van der Waals surface area contributed by atoms with Crippen LogP contribution in [0.3, 0.4) is 0 Å². The fraction of sp³-hybridized carbons (Fsp3) is 0.417. The van der Waals surface area contributed by atoms with E-state index in [0.29, 0.717) is 22.8 Å². The molecule has 1 amide bonds. The number of nitrogens with zero attached hydrogens (tertiary/aromatic N) is 4. The van der Waals surface area contributed by atoms with Crippen LogP contribution in [-0.2, 0) is 0 Å². The minimum absolute atomic E-state index is 0.0835. The topological polar surface area (TPSA) is 100 Å². The summed E-state index contributed by atoms with van der Waals surface area (Å²) in [7, 11) is 1.71. The van der Waals surface area contributed by atoms with Gasteiger partial charge in [-0.25, -0.2) is 8.78 Å². The molecular formula is C24H23F2N5O3S. The molecule has 2 N–H and O–H groups in total. The van der Waals surface area contributed by atoms with Crippen molar-refractivity contribution in [3.8, 4) is 16.3 Å². The van der Waals surface area contributed by atoms with Crippen molar-refractivity contribution in [3.05, 3.63) is 62.5 Å². The predicted octanol–water partition coefficient (Wildman–Crippen LogP) is 3.50. The van der Waals surface area contributed by atoms with E-state index >= 15 is 0 Å². The van der Waals surface area contributed by atoms with Gasteiger partial charge in [-0.2, -0.15) is 0 Å². The smallest absolute Gasteiger partial charge is 0.278 e. The lowest BCUT2D eigenvalue weighted by molar-refractivity contribution is 0.0452. The van der Waals surface area contributed by atoms with E-state index in [2.05, 4.69) is 22.5 Å². The van der Waals surface area contributed by atoms with Crippen molar-refractivity contribution in [2.45, 2.75) is 38.3 Å². The van der Waals surface area contributed by atoms with Gasteiger partial charge in [0.15, 0.2) is 16.5 Å². The molecule has 3 aromatic rings. The van der Waals surface area contributed by atoms with Crippen LogP contribution in [0.5, 0.6) is 5.75 Å². The minimum atomic E-state index is -0.733. The number of halogens is 2. The first kappa shape index (κ1) is 22.1. The molecule has 3 heterocycles. The van der Waals surface area contributed by atoms with E-state index in [1.165, 1.54) is 23.0 Å². The zero-order valence-electron chi connectivity index (χ0n) is 19.2. The zero-order chi connectivity index (χ0) is 24.8. The molecule has 0 bridgehead atoms. The number of hydrogen-bond acceptors (Lipinski definition) is 7. The monoisotopic (exact) mass is 499 g/mol. The molecule has 2 aliphatic carbocycles. The fourth-order valence-electron chi connectivity index (χ4n) is 6.03. The lowest BCUT2D eigenvalue weighted by Gasteiger charge is -2.47. The Kier molecular flexibility index (Phi) is 4.64. The number of carbonyl (C=O) groups is 1. The Morgan fingerprint density at radius 2 is 2.06 bits per heavy atom. The van der Waals surface area contributed by atoms with Gasteiger partial charge in [0.05, 0.1) is 5.56 Å². The van der Waals surface area contributed by atoms with Gasteiger partial charge in [0, 0.05) is 31.1 Å². The number of aromatic hydroxyl groups is 1. The predicted molar refractivity (Wildman–Crippen MR) is 125 cm³/mol. The number of nitrogens with one attached hydrogen (secondary N) is 1. The number of aromatic nitrogens is 3. The maximum Gasteiger partial charge on any atom is 0.278 e. The van der Waals surface area contributed by atoms with Gasteiger partial charge < -0.3 is 15.4 Å². The van der Waals surface area contributed by atoms with Crippen molar-refractivity contribution in [2.75, 3.05) is 12.5 Å². The molecule has 11 heteroatoms. The molecule has 0 saturated heterocycles. The van der Waals surface area contributed by atoms with Crippen molar-refractivity contribution in [3.63, 3.8) is 0 Å². The Labute approximate surface area is 203 Å². The summed E-state index contributed by atoms with van der Waals surface area (Å²) >= 11 is 1.08. The summed E-state index contributed by atoms with van der Waals surface area (Å²) in [4.78, 5) is 27.9. The molecule has 5 atom stereocenters. The van der Waals surface area contributed by atoms with Gasteiger partial charge in [-0.15, -0.1) is 10.2 Å². The molecule has 6 rings (SSSR count). The molecule has 0 radical (unpaired) electrons. The number of carbonyl (C=O) groups excluding carboxylic acids is 1. The SMILES string of the molecule is CC(c1nnc(-c2cn3c(c(O)c2=O)C(=O)N(C)C2(CCC4C2[C@@H]4C)N3)s1)c1ccc(F)cc1F. The lowest BCUT2D eigenvalue weighted by Crippen LogP contribution is -2.63. The molecule has 2 saturated carbocycles. The number of benzene rings is 1. The Balaban J connectivity index is 1.40. The third-order valence-electron chi connectivity index (χ3n) is 8.05. The van der Waals surface area contributed by atoms with E-state index in [9.17, 15) is 23.5 Å². The van der Waals surface area contributed by atoms with Crippen LogP contribution in [0.15, 0.2) is 29.2 Å². The highest BCUT2D eigenvalue weighted by Crippen LogP contribution is 2.63. The van der Waals surface area contributed by atoms with E-state index < -0.39 is 40.3 Å². The molecule has 1 spiro atoms. The molecule has 1 aromatic carbocycles. The Morgan fingerprint density at radius 3 is 2.74 bits per heavy atom. The fourth-order valence-corrected chi connectivity index (χ4v) is 6.95. The highest BCUT2D eigenvalue weighted by Gasteiger charge is 2.67. The highest BCUT2D eigenvalue weighted by molar-refractivity contribution is 7.14. The number of fused-ring (bicyclic) bond motifs is 3. The van der Waals surface area contributed by atoms with Crippen molar-refractivity contribution >= 4 is 17.2 Å². The highest BCUT2D eigenvalue weighted by atomic mass is 32.1. The average Bonchev–Trinajstić information content (AvgIpc) is 3.16. The molecule has 2 aromatic heterocycles. The second kappa shape index (κ2) is 7.33. The maximum atomic E-state index is 14.3. The third kappa shape index (κ3) is 3.00. The number of amides is 1. The summed E-state index contributed by atoms with van der Waals surface area (Å²) in [5.74, 6) is -1.63. The van der Waals surface area contributed by atoms with Crippen LogP contribution in [0, 0.1) is 29.4 Å². The number of pyridine rings is 1. The van der Waals surface area contributed by atoms with Crippen LogP contribution in [0.4, 0.5) is 8.78 Å².